The maximum absolute atomic E-state index is 0. The van der Waals surface area contributed by atoms with Crippen LogP contribution in [-0.2, 0) is 58.6 Å². The molecule has 0 aliphatic heterocycles. The van der Waals surface area contributed by atoms with Gasteiger partial charge in [0.25, 0.3) is 0 Å². The Morgan fingerprint density at radius 2 is 0.400 bits per heavy atom. The van der Waals surface area contributed by atoms with Gasteiger partial charge in [0, 0.05) is 42.1 Å². The Labute approximate surface area is 58.6 Å². The first-order valence-corrected chi connectivity index (χ1v) is 0. The molecule has 5 heteroatoms. The molecular weight excluding hydrogens is 240 g/mol. The third-order valence-corrected chi connectivity index (χ3v) is 0. The third kappa shape index (κ3) is 35.3. The van der Waals surface area contributed by atoms with Crippen molar-refractivity contribution >= 4 is 0 Å². The van der Waals surface area contributed by atoms with Crippen LogP contribution >= 0.6 is 0 Å². The normalized spacial score (nSPS) is 0. The van der Waals surface area contributed by atoms with Crippen molar-refractivity contribution in [1.29, 1.82) is 0 Å². The molecule has 0 bridgehead atoms. The summed E-state index contributed by atoms with van der Waals surface area (Å²) in [6.07, 6.45) is 0. The minimum Gasteiger partial charge on any atom is -2.00 e. The molecule has 5 heavy (non-hydrogen) atoms. The molecule has 0 amide bonds. The summed E-state index contributed by atoms with van der Waals surface area (Å²) in [6.45, 7) is 0. The molecule has 0 saturated carbocycles. The van der Waals surface area contributed by atoms with Crippen molar-refractivity contribution in [2.45, 2.75) is 0 Å². The summed E-state index contributed by atoms with van der Waals surface area (Å²) in [5.74, 6) is 0. The van der Waals surface area contributed by atoms with Gasteiger partial charge in [-0.1, -0.05) is 0 Å². The van der Waals surface area contributed by atoms with Gasteiger partial charge in [-0.2, -0.15) is 0 Å². The van der Waals surface area contributed by atoms with E-state index >= 15 is 0 Å². The smallest absolute Gasteiger partial charge is 0 e. The second-order valence-electron chi connectivity index (χ2n) is 0. The molecule has 0 aromatic heterocycles. The predicted molar refractivity (Wildman–Crippen MR) is 2.06 cm³/mol. The van der Waals surface area contributed by atoms with Crippen LogP contribution in [0.5, 0.6) is 0 Å². The van der Waals surface area contributed by atoms with Gasteiger partial charge >= 0.3 is 0 Å². The Morgan fingerprint density at radius 1 is 0.400 bits per heavy atom. The Bertz CT molecular complexity index is 4.85. The van der Waals surface area contributed by atoms with Gasteiger partial charge in [-0.05, 0) is 0 Å². The van der Waals surface area contributed by atoms with Gasteiger partial charge < -0.3 is 16.4 Å². The molecule has 0 aromatic rings. The van der Waals surface area contributed by atoms with E-state index in [2.05, 4.69) is 0 Å². The Kier molecular flexibility index (Phi) is 1320. The van der Waals surface area contributed by atoms with Crippen LogP contribution in [0.2, 0.25) is 0 Å². The van der Waals surface area contributed by atoms with Crippen LogP contribution in [0, 0.1) is 0 Å². The molecule has 0 N–H and O–H groups in total. The predicted octanol–water partition coefficient (Wildman–Crippen LogP) is -0.361. The van der Waals surface area contributed by atoms with Gasteiger partial charge in [-0.3, -0.25) is 0 Å². The van der Waals surface area contributed by atoms with Crippen molar-refractivity contribution < 1.29 is 58.6 Å². The van der Waals surface area contributed by atoms with Crippen molar-refractivity contribution in [2.24, 2.45) is 0 Å². The van der Waals surface area contributed by atoms with E-state index in [0.29, 0.717) is 0 Å². The first kappa shape index (κ1) is 109. The van der Waals surface area contributed by atoms with Gasteiger partial charge in [0.15, 0.2) is 0 Å². The van der Waals surface area contributed by atoms with Crippen LogP contribution in [-0.4, -0.2) is 0 Å². The average Bonchev–Trinajstić information content (AvgIpc) is 0. The van der Waals surface area contributed by atoms with Crippen LogP contribution < -0.4 is 0 Å². The van der Waals surface area contributed by atoms with E-state index in [1.54, 1.807) is 0 Å². The summed E-state index contributed by atoms with van der Waals surface area (Å²) in [5.41, 5.74) is 0. The van der Waals surface area contributed by atoms with E-state index in [9.17, 15) is 0 Å². The molecule has 0 radical (unpaired) electrons. The molecule has 0 aromatic carbocycles. The van der Waals surface area contributed by atoms with Crippen LogP contribution in [0.15, 0.2) is 0 Å². The SMILES string of the molecule is [Mo].[Mo].[O-2].[O-2].[O-2]. The van der Waals surface area contributed by atoms with Gasteiger partial charge in [0.05, 0.1) is 0 Å². The Morgan fingerprint density at radius 3 is 0.400 bits per heavy atom. The van der Waals surface area contributed by atoms with Crippen molar-refractivity contribution in [2.75, 3.05) is 0 Å². The Balaban J connectivity index is 0. The first-order valence-electron chi connectivity index (χ1n) is 0. The summed E-state index contributed by atoms with van der Waals surface area (Å²) in [4.78, 5) is 0. The topological polar surface area (TPSA) is 85.5 Å². The van der Waals surface area contributed by atoms with Gasteiger partial charge in [-0.25, -0.2) is 0 Å². The number of hydrogen-bond acceptors (Lipinski definition) is 0. The molecule has 0 aliphatic carbocycles. The fraction of sp³-hybridized carbons (Fsp3) is 0. The fourth-order valence-corrected chi connectivity index (χ4v) is 0. The molecule has 0 heterocycles. The summed E-state index contributed by atoms with van der Waals surface area (Å²) in [6, 6.07) is 0. The molecule has 0 fully saturated rings. The quantitative estimate of drug-likeness (QED) is 0.517. The molecule has 3 nitrogen and oxygen atoms in total. The van der Waals surface area contributed by atoms with Crippen molar-refractivity contribution in [3.05, 3.63) is 0 Å². The van der Waals surface area contributed by atoms with Crippen LogP contribution in [0.4, 0.5) is 0 Å². The molecular formula is Mo2O3-6. The summed E-state index contributed by atoms with van der Waals surface area (Å²) >= 11 is 0. The van der Waals surface area contributed by atoms with Crippen molar-refractivity contribution in [1.82, 2.24) is 0 Å². The van der Waals surface area contributed by atoms with Crippen LogP contribution in [0.3, 0.4) is 0 Å². The van der Waals surface area contributed by atoms with Crippen molar-refractivity contribution in [3.63, 3.8) is 0 Å². The van der Waals surface area contributed by atoms with Gasteiger partial charge in [0.1, 0.15) is 0 Å². The Hall–Kier alpha value is 1.26. The number of rotatable bonds is 0. The fourth-order valence-electron chi connectivity index (χ4n) is 0. The van der Waals surface area contributed by atoms with Crippen LogP contribution in [0.1, 0.15) is 0 Å². The van der Waals surface area contributed by atoms with Crippen LogP contribution in [0.25, 0.3) is 0 Å². The van der Waals surface area contributed by atoms with E-state index in [-0.39, 0.29) is 58.6 Å². The van der Waals surface area contributed by atoms with E-state index in [1.165, 1.54) is 0 Å². The van der Waals surface area contributed by atoms with Crippen molar-refractivity contribution in [3.8, 4) is 0 Å². The van der Waals surface area contributed by atoms with E-state index in [1.807, 2.05) is 0 Å². The molecule has 0 spiro atoms. The molecule has 0 saturated heterocycles. The summed E-state index contributed by atoms with van der Waals surface area (Å²) in [7, 11) is 0. The second-order valence-corrected chi connectivity index (χ2v) is 0. The monoisotopic (exact) mass is 244 g/mol. The summed E-state index contributed by atoms with van der Waals surface area (Å²) < 4.78 is 0. The van der Waals surface area contributed by atoms with Gasteiger partial charge in [-0.15, -0.1) is 0 Å². The van der Waals surface area contributed by atoms with E-state index in [4.69, 9.17) is 0 Å². The van der Waals surface area contributed by atoms with E-state index in [0.717, 1.165) is 0 Å². The molecule has 0 atom stereocenters. The second kappa shape index (κ2) is 60.3. The zero-order chi connectivity index (χ0) is 0. The minimum atomic E-state index is 0. The zero-order valence-corrected chi connectivity index (χ0v) is 6.06. The number of hydrogen-bond donors (Lipinski definition) is 0. The average molecular weight is 240 g/mol. The zero-order valence-electron chi connectivity index (χ0n) is 2.04. The molecule has 36 valence electrons. The molecule has 0 unspecified atom stereocenters. The largest absolute Gasteiger partial charge is 2.00 e. The maximum atomic E-state index is 0. The molecule has 0 rings (SSSR count). The third-order valence-electron chi connectivity index (χ3n) is 0. The van der Waals surface area contributed by atoms with E-state index < -0.39 is 0 Å². The standard InChI is InChI=1S/2Mo.3O/q;;3*-2. The van der Waals surface area contributed by atoms with Gasteiger partial charge in [0.2, 0.25) is 0 Å². The minimum absolute atomic E-state index is 0. The maximum Gasteiger partial charge on any atom is 0 e. The summed E-state index contributed by atoms with van der Waals surface area (Å²) in [5, 5.41) is 0. The first-order chi connectivity index (χ1) is 0. The molecule has 0 aliphatic rings.